The van der Waals surface area contributed by atoms with Gasteiger partial charge in [-0.15, -0.1) is 0 Å². The molecule has 2 fully saturated rings. The maximum Gasteiger partial charge on any atom is 0.119 e. The number of hydrogen-bond donors (Lipinski definition) is 1. The molecule has 2 aliphatic rings. The number of nitrogens with one attached hydrogen (secondary N) is 1. The molecule has 2 nitrogen and oxygen atoms in total. The van der Waals surface area contributed by atoms with Crippen LogP contribution in [-0.4, -0.2) is 30.7 Å². The molecule has 1 N–H and O–H groups in total. The van der Waals surface area contributed by atoms with Crippen molar-refractivity contribution >= 4 is 11.8 Å². The van der Waals surface area contributed by atoms with Crippen LogP contribution in [-0.2, 0) is 0 Å². The highest BCUT2D eigenvalue weighted by molar-refractivity contribution is 7.99. The SMILES string of the molecule is c1cc(C2CCNC2)ccc1OC1CCCSC1. The topological polar surface area (TPSA) is 21.3 Å². The van der Waals surface area contributed by atoms with E-state index in [0.29, 0.717) is 12.0 Å². The van der Waals surface area contributed by atoms with Gasteiger partial charge in [-0.05, 0) is 55.2 Å². The number of thioether (sulfide) groups is 1. The minimum atomic E-state index is 0.419. The Labute approximate surface area is 113 Å². The molecule has 1 aromatic rings. The van der Waals surface area contributed by atoms with E-state index in [1.54, 1.807) is 0 Å². The van der Waals surface area contributed by atoms with Gasteiger partial charge in [0.1, 0.15) is 11.9 Å². The van der Waals surface area contributed by atoms with Crippen molar-refractivity contribution in [2.75, 3.05) is 24.6 Å². The molecule has 3 heteroatoms. The molecule has 0 amide bonds. The van der Waals surface area contributed by atoms with Crippen LogP contribution in [0.2, 0.25) is 0 Å². The Morgan fingerprint density at radius 3 is 2.72 bits per heavy atom. The molecule has 0 bridgehead atoms. The van der Waals surface area contributed by atoms with Gasteiger partial charge in [-0.3, -0.25) is 0 Å². The molecule has 2 unspecified atom stereocenters. The van der Waals surface area contributed by atoms with Crippen molar-refractivity contribution in [3.8, 4) is 5.75 Å². The van der Waals surface area contributed by atoms with E-state index in [4.69, 9.17) is 4.74 Å². The Morgan fingerprint density at radius 2 is 2.06 bits per heavy atom. The Balaban J connectivity index is 1.59. The molecule has 0 aliphatic carbocycles. The van der Waals surface area contributed by atoms with Gasteiger partial charge < -0.3 is 10.1 Å². The van der Waals surface area contributed by atoms with Gasteiger partial charge in [0.15, 0.2) is 0 Å². The smallest absolute Gasteiger partial charge is 0.119 e. The summed E-state index contributed by atoms with van der Waals surface area (Å²) in [4.78, 5) is 0. The molecular formula is C15H21NOS. The van der Waals surface area contributed by atoms with E-state index < -0.39 is 0 Å². The van der Waals surface area contributed by atoms with Crippen molar-refractivity contribution in [1.29, 1.82) is 0 Å². The van der Waals surface area contributed by atoms with E-state index in [1.807, 2.05) is 11.8 Å². The lowest BCUT2D eigenvalue weighted by Gasteiger charge is -2.23. The first-order valence-corrected chi connectivity index (χ1v) is 8.12. The molecule has 0 spiro atoms. The predicted octanol–water partition coefficient (Wildman–Crippen LogP) is 3.04. The minimum Gasteiger partial charge on any atom is -0.490 e. The van der Waals surface area contributed by atoms with Crippen LogP contribution in [0.1, 0.15) is 30.7 Å². The molecule has 1 aromatic carbocycles. The lowest BCUT2D eigenvalue weighted by atomic mass is 9.98. The average Bonchev–Trinajstić information content (AvgIpc) is 2.95. The summed E-state index contributed by atoms with van der Waals surface area (Å²) < 4.78 is 6.04. The molecule has 18 heavy (non-hydrogen) atoms. The summed E-state index contributed by atoms with van der Waals surface area (Å²) in [5, 5.41) is 3.42. The quantitative estimate of drug-likeness (QED) is 0.905. The highest BCUT2D eigenvalue weighted by atomic mass is 32.2. The van der Waals surface area contributed by atoms with Crippen LogP contribution in [0.5, 0.6) is 5.75 Å². The summed E-state index contributed by atoms with van der Waals surface area (Å²) in [6.45, 7) is 2.28. The zero-order valence-electron chi connectivity index (χ0n) is 10.7. The van der Waals surface area contributed by atoms with Crippen molar-refractivity contribution in [2.45, 2.75) is 31.3 Å². The number of ether oxygens (including phenoxy) is 1. The fourth-order valence-corrected chi connectivity index (χ4v) is 3.79. The Morgan fingerprint density at radius 1 is 1.17 bits per heavy atom. The molecule has 0 aromatic heterocycles. The van der Waals surface area contributed by atoms with Gasteiger partial charge in [0, 0.05) is 12.3 Å². The summed E-state index contributed by atoms with van der Waals surface area (Å²) in [5.41, 5.74) is 1.45. The van der Waals surface area contributed by atoms with Crippen LogP contribution in [0.25, 0.3) is 0 Å². The molecular weight excluding hydrogens is 242 g/mol. The fraction of sp³-hybridized carbons (Fsp3) is 0.600. The van der Waals surface area contributed by atoms with Crippen molar-refractivity contribution in [1.82, 2.24) is 5.32 Å². The lowest BCUT2D eigenvalue weighted by molar-refractivity contribution is 0.211. The van der Waals surface area contributed by atoms with Crippen molar-refractivity contribution in [3.05, 3.63) is 29.8 Å². The van der Waals surface area contributed by atoms with Gasteiger partial charge in [-0.25, -0.2) is 0 Å². The van der Waals surface area contributed by atoms with Gasteiger partial charge in [-0.1, -0.05) is 12.1 Å². The van der Waals surface area contributed by atoms with Crippen LogP contribution >= 0.6 is 11.8 Å². The number of benzene rings is 1. The lowest BCUT2D eigenvalue weighted by Crippen LogP contribution is -2.23. The second-order valence-electron chi connectivity index (χ2n) is 5.22. The summed E-state index contributed by atoms with van der Waals surface area (Å²) in [6, 6.07) is 8.77. The highest BCUT2D eigenvalue weighted by Gasteiger charge is 2.17. The Kier molecular flexibility index (Phi) is 4.11. The summed E-state index contributed by atoms with van der Waals surface area (Å²) in [7, 11) is 0. The van der Waals surface area contributed by atoms with Crippen molar-refractivity contribution < 1.29 is 4.74 Å². The van der Waals surface area contributed by atoms with E-state index in [9.17, 15) is 0 Å². The van der Waals surface area contributed by atoms with Crippen LogP contribution in [0.15, 0.2) is 24.3 Å². The third kappa shape index (κ3) is 3.01. The molecule has 2 saturated heterocycles. The van der Waals surface area contributed by atoms with Crippen molar-refractivity contribution in [2.24, 2.45) is 0 Å². The second kappa shape index (κ2) is 5.98. The first kappa shape index (κ1) is 12.4. The van der Waals surface area contributed by atoms with E-state index in [2.05, 4.69) is 29.6 Å². The fourth-order valence-electron chi connectivity index (χ4n) is 2.75. The number of rotatable bonds is 3. The highest BCUT2D eigenvalue weighted by Crippen LogP contribution is 2.26. The van der Waals surface area contributed by atoms with E-state index in [0.717, 1.165) is 24.6 Å². The van der Waals surface area contributed by atoms with Crippen LogP contribution in [0, 0.1) is 0 Å². The summed E-state index contributed by atoms with van der Waals surface area (Å²) in [6.07, 6.45) is 4.19. The first-order valence-electron chi connectivity index (χ1n) is 6.97. The minimum absolute atomic E-state index is 0.419. The van der Waals surface area contributed by atoms with Gasteiger partial charge in [0.2, 0.25) is 0 Å². The maximum absolute atomic E-state index is 6.04. The van der Waals surface area contributed by atoms with Crippen molar-refractivity contribution in [3.63, 3.8) is 0 Å². The second-order valence-corrected chi connectivity index (χ2v) is 6.37. The molecule has 98 valence electrons. The van der Waals surface area contributed by atoms with Gasteiger partial charge in [-0.2, -0.15) is 11.8 Å². The van der Waals surface area contributed by atoms with Gasteiger partial charge in [0.05, 0.1) is 0 Å². The molecule has 2 atom stereocenters. The Hall–Kier alpha value is -0.670. The van der Waals surface area contributed by atoms with E-state index in [1.165, 1.54) is 30.6 Å². The summed E-state index contributed by atoms with van der Waals surface area (Å²) in [5.74, 6) is 4.18. The van der Waals surface area contributed by atoms with Gasteiger partial charge >= 0.3 is 0 Å². The molecule has 2 heterocycles. The third-order valence-electron chi connectivity index (χ3n) is 3.83. The zero-order valence-corrected chi connectivity index (χ0v) is 11.5. The standard InChI is InChI=1S/C15H21NOS/c1-2-15(11-18-9-1)17-14-5-3-12(4-6-14)13-7-8-16-10-13/h3-6,13,15-16H,1-2,7-11H2. The Bertz CT molecular complexity index is 367. The predicted molar refractivity (Wildman–Crippen MR) is 77.6 cm³/mol. The third-order valence-corrected chi connectivity index (χ3v) is 5.02. The van der Waals surface area contributed by atoms with Crippen LogP contribution in [0.3, 0.4) is 0 Å². The maximum atomic E-state index is 6.04. The van der Waals surface area contributed by atoms with E-state index >= 15 is 0 Å². The zero-order chi connectivity index (χ0) is 12.2. The van der Waals surface area contributed by atoms with Crippen LogP contribution < -0.4 is 10.1 Å². The molecule has 0 radical (unpaired) electrons. The summed E-state index contributed by atoms with van der Waals surface area (Å²) >= 11 is 2.01. The molecule has 0 saturated carbocycles. The van der Waals surface area contributed by atoms with E-state index in [-0.39, 0.29) is 0 Å². The average molecular weight is 263 g/mol. The monoisotopic (exact) mass is 263 g/mol. The molecule has 3 rings (SSSR count). The largest absolute Gasteiger partial charge is 0.490 e. The van der Waals surface area contributed by atoms with Crippen LogP contribution in [0.4, 0.5) is 0 Å². The normalized spacial score (nSPS) is 28.2. The first-order chi connectivity index (χ1) is 8.92. The molecule has 2 aliphatic heterocycles. The number of hydrogen-bond acceptors (Lipinski definition) is 3. The van der Waals surface area contributed by atoms with Gasteiger partial charge in [0.25, 0.3) is 0 Å².